The second-order valence-corrected chi connectivity index (χ2v) is 6.01. The molecular weight excluding hydrogens is 320 g/mol. The maximum Gasteiger partial charge on any atom is 0.255 e. The molecule has 2 aromatic heterocycles. The van der Waals surface area contributed by atoms with Crippen molar-refractivity contribution in [2.75, 3.05) is 0 Å². The van der Waals surface area contributed by atoms with Crippen LogP contribution in [-0.2, 0) is 0 Å². The quantitative estimate of drug-likeness (QED) is 0.847. The number of carbonyl (C=O) groups is 1. The van der Waals surface area contributed by atoms with E-state index in [0.29, 0.717) is 22.4 Å². The molecule has 0 radical (unpaired) electrons. The molecule has 0 spiro atoms. The lowest BCUT2D eigenvalue weighted by molar-refractivity contribution is 0.0675. The Morgan fingerprint density at radius 1 is 1.45 bits per heavy atom. The van der Waals surface area contributed by atoms with E-state index >= 15 is 0 Å². The van der Waals surface area contributed by atoms with Gasteiger partial charge in [0.15, 0.2) is 5.65 Å². The zero-order chi connectivity index (χ0) is 14.3. The van der Waals surface area contributed by atoms with Gasteiger partial charge >= 0.3 is 0 Å². The van der Waals surface area contributed by atoms with Crippen LogP contribution < -0.4 is 0 Å². The summed E-state index contributed by atoms with van der Waals surface area (Å²) in [5, 5.41) is 4.19. The van der Waals surface area contributed by atoms with Crippen LogP contribution in [0.15, 0.2) is 23.1 Å². The van der Waals surface area contributed by atoms with Crippen molar-refractivity contribution in [3.05, 3.63) is 28.6 Å². The highest BCUT2D eigenvalue weighted by Crippen LogP contribution is 2.27. The van der Waals surface area contributed by atoms with Crippen LogP contribution in [0.2, 0.25) is 0 Å². The largest absolute Gasteiger partial charge is 0.333 e. The van der Waals surface area contributed by atoms with Crippen molar-refractivity contribution in [2.45, 2.75) is 45.2 Å². The predicted octanol–water partition coefficient (Wildman–Crippen LogP) is 2.89. The third kappa shape index (κ3) is 2.22. The number of likely N-dealkylation sites (tertiary alicyclic amines) is 1. The van der Waals surface area contributed by atoms with Gasteiger partial charge in [-0.2, -0.15) is 0 Å². The molecule has 106 valence electrons. The Kier molecular flexibility index (Phi) is 3.50. The first-order chi connectivity index (χ1) is 9.60. The molecule has 1 amide bonds. The Morgan fingerprint density at radius 2 is 2.25 bits per heavy atom. The summed E-state index contributed by atoms with van der Waals surface area (Å²) in [6.45, 7) is 4.26. The van der Waals surface area contributed by atoms with Crippen LogP contribution in [0.25, 0.3) is 5.65 Å². The number of hydrogen-bond donors (Lipinski definition) is 0. The summed E-state index contributed by atoms with van der Waals surface area (Å²) >= 11 is 3.24. The molecular formula is C14H17BrN4O. The van der Waals surface area contributed by atoms with Gasteiger partial charge in [-0.1, -0.05) is 6.92 Å². The van der Waals surface area contributed by atoms with Crippen LogP contribution in [0.5, 0.6) is 0 Å². The van der Waals surface area contributed by atoms with E-state index in [1.165, 1.54) is 0 Å². The number of amides is 1. The molecule has 0 bridgehead atoms. The first-order valence-electron chi connectivity index (χ1n) is 6.94. The van der Waals surface area contributed by atoms with Crippen LogP contribution in [0.3, 0.4) is 0 Å². The summed E-state index contributed by atoms with van der Waals surface area (Å²) in [5.41, 5.74) is 1.40. The standard InChI is InChI=1S/C14H17BrN4O/c1-3-11-6-4-9(2)19(11)13(20)10-5-7-12-16-14(15)17-18(12)8-10/h5,7-9,11H,3-4,6H2,1-2H3. The van der Waals surface area contributed by atoms with E-state index in [4.69, 9.17) is 0 Å². The summed E-state index contributed by atoms with van der Waals surface area (Å²) in [6.07, 6.45) is 4.95. The molecule has 0 aliphatic carbocycles. The Labute approximate surface area is 126 Å². The Hall–Kier alpha value is -1.43. The van der Waals surface area contributed by atoms with E-state index in [-0.39, 0.29) is 5.91 Å². The maximum absolute atomic E-state index is 12.7. The summed E-state index contributed by atoms with van der Waals surface area (Å²) in [7, 11) is 0. The van der Waals surface area contributed by atoms with Crippen LogP contribution in [0.1, 0.15) is 43.5 Å². The minimum Gasteiger partial charge on any atom is -0.333 e. The third-order valence-electron chi connectivity index (χ3n) is 4.04. The van der Waals surface area contributed by atoms with Crippen LogP contribution >= 0.6 is 15.9 Å². The van der Waals surface area contributed by atoms with Gasteiger partial charge in [0, 0.05) is 18.3 Å². The number of hydrogen-bond acceptors (Lipinski definition) is 3. The molecule has 1 aliphatic heterocycles. The summed E-state index contributed by atoms with van der Waals surface area (Å²) in [5.74, 6) is 0.0929. The highest BCUT2D eigenvalue weighted by Gasteiger charge is 2.33. The van der Waals surface area contributed by atoms with Gasteiger partial charge in [0.2, 0.25) is 4.73 Å². The molecule has 0 aromatic carbocycles. The van der Waals surface area contributed by atoms with E-state index in [9.17, 15) is 4.79 Å². The van der Waals surface area contributed by atoms with E-state index < -0.39 is 0 Å². The van der Waals surface area contributed by atoms with Gasteiger partial charge in [-0.25, -0.2) is 9.50 Å². The molecule has 3 heterocycles. The van der Waals surface area contributed by atoms with Crippen LogP contribution in [-0.4, -0.2) is 37.5 Å². The second kappa shape index (κ2) is 5.16. The zero-order valence-corrected chi connectivity index (χ0v) is 13.2. The number of aromatic nitrogens is 3. The molecule has 2 atom stereocenters. The van der Waals surface area contributed by atoms with Crippen molar-refractivity contribution in [2.24, 2.45) is 0 Å². The minimum atomic E-state index is 0.0929. The van der Waals surface area contributed by atoms with E-state index in [1.807, 2.05) is 17.0 Å². The molecule has 20 heavy (non-hydrogen) atoms. The molecule has 0 saturated carbocycles. The molecule has 0 N–H and O–H groups in total. The Bertz CT molecular complexity index is 654. The molecule has 3 rings (SSSR count). The average Bonchev–Trinajstić information content (AvgIpc) is 2.98. The van der Waals surface area contributed by atoms with Crippen molar-refractivity contribution >= 4 is 27.5 Å². The topological polar surface area (TPSA) is 50.5 Å². The number of rotatable bonds is 2. The Morgan fingerprint density at radius 3 is 3.00 bits per heavy atom. The van der Waals surface area contributed by atoms with Gasteiger partial charge in [-0.15, -0.1) is 5.10 Å². The van der Waals surface area contributed by atoms with E-state index in [0.717, 1.165) is 24.9 Å². The minimum absolute atomic E-state index is 0.0929. The van der Waals surface area contributed by atoms with Gasteiger partial charge in [0.05, 0.1) is 5.56 Å². The monoisotopic (exact) mass is 336 g/mol. The molecule has 2 aromatic rings. The van der Waals surface area contributed by atoms with Gasteiger partial charge < -0.3 is 4.90 Å². The average molecular weight is 337 g/mol. The lowest BCUT2D eigenvalue weighted by atomic mass is 10.1. The fourth-order valence-corrected chi connectivity index (χ4v) is 3.32. The molecule has 1 saturated heterocycles. The van der Waals surface area contributed by atoms with Crippen LogP contribution in [0, 0.1) is 0 Å². The van der Waals surface area contributed by atoms with Gasteiger partial charge in [-0.3, -0.25) is 4.79 Å². The fourth-order valence-electron chi connectivity index (χ4n) is 2.97. The van der Waals surface area contributed by atoms with Crippen molar-refractivity contribution < 1.29 is 4.79 Å². The summed E-state index contributed by atoms with van der Waals surface area (Å²) < 4.78 is 2.17. The van der Waals surface area contributed by atoms with E-state index in [1.54, 1.807) is 10.7 Å². The van der Waals surface area contributed by atoms with Gasteiger partial charge in [0.1, 0.15) is 0 Å². The highest BCUT2D eigenvalue weighted by molar-refractivity contribution is 9.10. The van der Waals surface area contributed by atoms with Crippen molar-refractivity contribution in [3.8, 4) is 0 Å². The lowest BCUT2D eigenvalue weighted by Crippen LogP contribution is -2.39. The van der Waals surface area contributed by atoms with Crippen molar-refractivity contribution in [3.63, 3.8) is 0 Å². The molecule has 5 nitrogen and oxygen atoms in total. The normalized spacial score (nSPS) is 22.6. The lowest BCUT2D eigenvalue weighted by Gasteiger charge is -2.28. The maximum atomic E-state index is 12.7. The van der Waals surface area contributed by atoms with E-state index in [2.05, 4.69) is 39.9 Å². The highest BCUT2D eigenvalue weighted by atomic mass is 79.9. The molecule has 1 fully saturated rings. The number of nitrogens with zero attached hydrogens (tertiary/aromatic N) is 4. The van der Waals surface area contributed by atoms with Gasteiger partial charge in [-0.05, 0) is 54.2 Å². The number of fused-ring (bicyclic) bond motifs is 1. The molecule has 6 heteroatoms. The number of carbonyl (C=O) groups excluding carboxylic acids is 1. The third-order valence-corrected chi connectivity index (χ3v) is 4.38. The smallest absolute Gasteiger partial charge is 0.255 e. The second-order valence-electron chi connectivity index (χ2n) is 5.30. The van der Waals surface area contributed by atoms with Crippen LogP contribution in [0.4, 0.5) is 0 Å². The number of halogens is 1. The molecule has 1 aliphatic rings. The van der Waals surface area contributed by atoms with Crippen molar-refractivity contribution in [1.29, 1.82) is 0 Å². The Balaban J connectivity index is 1.95. The first-order valence-corrected chi connectivity index (χ1v) is 7.74. The zero-order valence-electron chi connectivity index (χ0n) is 11.6. The fraction of sp³-hybridized carbons (Fsp3) is 0.500. The molecule has 2 unspecified atom stereocenters. The SMILES string of the molecule is CCC1CCC(C)N1C(=O)c1ccc2nc(Br)nn2c1. The predicted molar refractivity (Wildman–Crippen MR) is 79.6 cm³/mol. The van der Waals surface area contributed by atoms with Gasteiger partial charge in [0.25, 0.3) is 5.91 Å². The summed E-state index contributed by atoms with van der Waals surface area (Å²) in [6, 6.07) is 4.32. The van der Waals surface area contributed by atoms with Crippen molar-refractivity contribution in [1.82, 2.24) is 19.5 Å². The first kappa shape index (κ1) is 13.5. The summed E-state index contributed by atoms with van der Waals surface area (Å²) in [4.78, 5) is 19.0. The number of pyridine rings is 1.